The molecule has 0 fully saturated rings. The molecule has 130 valence electrons. The maximum atomic E-state index is 12.0. The summed E-state index contributed by atoms with van der Waals surface area (Å²) in [6.45, 7) is 4.05. The molecule has 0 bridgehead atoms. The van der Waals surface area contributed by atoms with E-state index in [4.69, 9.17) is 28.6 Å². The van der Waals surface area contributed by atoms with E-state index < -0.39 is 0 Å². The first-order valence-electron chi connectivity index (χ1n) is 7.76. The molecule has 1 amide bonds. The van der Waals surface area contributed by atoms with Gasteiger partial charge in [-0.25, -0.2) is 0 Å². The van der Waals surface area contributed by atoms with Crippen LogP contribution in [0, 0.1) is 0 Å². The summed E-state index contributed by atoms with van der Waals surface area (Å²) in [5, 5.41) is 6.54. The lowest BCUT2D eigenvalue weighted by Crippen LogP contribution is -2.34. The highest BCUT2D eigenvalue weighted by Gasteiger charge is 2.07. The van der Waals surface area contributed by atoms with E-state index in [1.54, 1.807) is 6.08 Å². The van der Waals surface area contributed by atoms with Gasteiger partial charge in [-0.05, 0) is 54.5 Å². The molecule has 2 aromatic rings. The van der Waals surface area contributed by atoms with E-state index in [0.717, 1.165) is 17.0 Å². The summed E-state index contributed by atoms with van der Waals surface area (Å²) in [5.74, 6) is 0.573. The Bertz CT molecular complexity index is 747. The molecule has 0 saturated carbocycles. The van der Waals surface area contributed by atoms with E-state index in [1.165, 1.54) is 0 Å². The molecule has 0 unspecified atom stereocenters. The molecule has 0 aliphatic heterocycles. The quantitative estimate of drug-likeness (QED) is 0.558. The van der Waals surface area contributed by atoms with Crippen LogP contribution in [0.4, 0.5) is 5.69 Å². The average Bonchev–Trinajstić information content (AvgIpc) is 2.60. The first kappa shape index (κ1) is 19.0. The van der Waals surface area contributed by atoms with Gasteiger partial charge in [0.05, 0.1) is 0 Å². The zero-order chi connectivity index (χ0) is 18.1. The Morgan fingerprint density at radius 1 is 1.20 bits per heavy atom. The Morgan fingerprint density at radius 2 is 1.92 bits per heavy atom. The first-order chi connectivity index (χ1) is 12.1. The van der Waals surface area contributed by atoms with E-state index in [1.807, 2.05) is 48.5 Å². The van der Waals surface area contributed by atoms with Crippen molar-refractivity contribution in [3.8, 4) is 5.75 Å². The molecule has 0 aliphatic rings. The normalized spacial score (nSPS) is 9.96. The second kappa shape index (κ2) is 9.81. The van der Waals surface area contributed by atoms with Crippen LogP contribution in [0.1, 0.15) is 12.0 Å². The number of amides is 1. The Kier molecular flexibility index (Phi) is 7.44. The molecule has 2 aromatic carbocycles. The predicted octanol–water partition coefficient (Wildman–Crippen LogP) is 4.35. The molecular weight excluding hydrogens is 356 g/mol. The number of rotatable bonds is 7. The standard InChI is InChI=1S/C19H19ClN2O2S/c1-2-13-24-16-10-8-15(9-11-16)21-19(25)22-18(23)12-7-14-5-3-4-6-17(14)20/h2-6,8-11H,1,7,12-13H2,(H2,21,22,23,25). The summed E-state index contributed by atoms with van der Waals surface area (Å²) in [4.78, 5) is 12.0. The number of carbonyl (C=O) groups excluding carboxylic acids is 1. The molecule has 25 heavy (non-hydrogen) atoms. The van der Waals surface area contributed by atoms with E-state index in [0.29, 0.717) is 24.5 Å². The van der Waals surface area contributed by atoms with Crippen molar-refractivity contribution >= 4 is 40.5 Å². The van der Waals surface area contributed by atoms with Crippen molar-refractivity contribution in [3.63, 3.8) is 0 Å². The van der Waals surface area contributed by atoms with E-state index in [-0.39, 0.29) is 11.0 Å². The highest BCUT2D eigenvalue weighted by Crippen LogP contribution is 2.17. The van der Waals surface area contributed by atoms with Crippen molar-refractivity contribution in [2.24, 2.45) is 0 Å². The topological polar surface area (TPSA) is 50.4 Å². The zero-order valence-corrected chi connectivity index (χ0v) is 15.2. The number of thiocarbonyl (C=S) groups is 1. The predicted molar refractivity (Wildman–Crippen MR) is 106 cm³/mol. The smallest absolute Gasteiger partial charge is 0.226 e. The molecule has 0 saturated heterocycles. The van der Waals surface area contributed by atoms with Gasteiger partial charge in [-0.3, -0.25) is 4.79 Å². The Labute approximate surface area is 157 Å². The Morgan fingerprint density at radius 3 is 2.60 bits per heavy atom. The van der Waals surface area contributed by atoms with Crippen LogP contribution >= 0.6 is 23.8 Å². The van der Waals surface area contributed by atoms with Gasteiger partial charge in [0.25, 0.3) is 0 Å². The third kappa shape index (κ3) is 6.57. The lowest BCUT2D eigenvalue weighted by atomic mass is 10.1. The van der Waals surface area contributed by atoms with Crippen molar-refractivity contribution in [3.05, 3.63) is 71.8 Å². The van der Waals surface area contributed by atoms with Crippen LogP contribution in [0.3, 0.4) is 0 Å². The summed E-state index contributed by atoms with van der Waals surface area (Å²) in [5.41, 5.74) is 1.70. The molecule has 0 atom stereocenters. The fourth-order valence-electron chi connectivity index (χ4n) is 2.09. The van der Waals surface area contributed by atoms with Crippen LogP contribution in [0.15, 0.2) is 61.2 Å². The summed E-state index contributed by atoms with van der Waals surface area (Å²) in [6.07, 6.45) is 2.54. The molecule has 0 heterocycles. The number of aryl methyl sites for hydroxylation is 1. The molecule has 0 spiro atoms. The van der Waals surface area contributed by atoms with Crippen LogP contribution in [0.5, 0.6) is 5.75 Å². The van der Waals surface area contributed by atoms with Gasteiger partial charge in [0, 0.05) is 17.1 Å². The minimum atomic E-state index is -0.164. The minimum Gasteiger partial charge on any atom is -0.490 e. The van der Waals surface area contributed by atoms with Crippen LogP contribution < -0.4 is 15.4 Å². The van der Waals surface area contributed by atoms with Crippen molar-refractivity contribution in [2.45, 2.75) is 12.8 Å². The van der Waals surface area contributed by atoms with Crippen molar-refractivity contribution < 1.29 is 9.53 Å². The second-order valence-corrected chi connectivity index (χ2v) is 6.03. The van der Waals surface area contributed by atoms with Gasteiger partial charge < -0.3 is 15.4 Å². The number of anilines is 1. The van der Waals surface area contributed by atoms with Gasteiger partial charge in [-0.15, -0.1) is 0 Å². The molecular formula is C19H19ClN2O2S. The number of halogens is 1. The van der Waals surface area contributed by atoms with E-state index in [2.05, 4.69) is 17.2 Å². The highest BCUT2D eigenvalue weighted by atomic mass is 35.5. The fourth-order valence-corrected chi connectivity index (χ4v) is 2.55. The third-order valence-electron chi connectivity index (χ3n) is 3.31. The summed E-state index contributed by atoms with van der Waals surface area (Å²) in [6, 6.07) is 14.7. The molecule has 2 N–H and O–H groups in total. The Balaban J connectivity index is 1.78. The van der Waals surface area contributed by atoms with Gasteiger partial charge in [0.1, 0.15) is 12.4 Å². The van der Waals surface area contributed by atoms with Gasteiger partial charge in [0.15, 0.2) is 5.11 Å². The number of ether oxygens (including phenoxy) is 1. The van der Waals surface area contributed by atoms with Crippen molar-refractivity contribution in [1.82, 2.24) is 5.32 Å². The van der Waals surface area contributed by atoms with E-state index >= 15 is 0 Å². The molecule has 0 aliphatic carbocycles. The van der Waals surface area contributed by atoms with Crippen molar-refractivity contribution in [1.29, 1.82) is 0 Å². The average molecular weight is 375 g/mol. The molecule has 0 radical (unpaired) electrons. The Hall–Kier alpha value is -2.37. The minimum absolute atomic E-state index is 0.164. The first-order valence-corrected chi connectivity index (χ1v) is 8.55. The fraction of sp³-hybridized carbons (Fsp3) is 0.158. The maximum absolute atomic E-state index is 12.0. The SMILES string of the molecule is C=CCOc1ccc(NC(=S)NC(=O)CCc2ccccc2Cl)cc1. The second-order valence-electron chi connectivity index (χ2n) is 5.22. The highest BCUT2D eigenvalue weighted by molar-refractivity contribution is 7.80. The lowest BCUT2D eigenvalue weighted by Gasteiger charge is -2.10. The van der Waals surface area contributed by atoms with Crippen LogP contribution in [0.2, 0.25) is 5.02 Å². The number of benzene rings is 2. The van der Waals surface area contributed by atoms with Crippen LogP contribution in [0.25, 0.3) is 0 Å². The third-order valence-corrected chi connectivity index (χ3v) is 3.89. The molecule has 2 rings (SSSR count). The molecule has 6 heteroatoms. The van der Waals surface area contributed by atoms with Crippen LogP contribution in [-0.2, 0) is 11.2 Å². The summed E-state index contributed by atoms with van der Waals surface area (Å²) < 4.78 is 5.40. The summed E-state index contributed by atoms with van der Waals surface area (Å²) >= 11 is 11.2. The maximum Gasteiger partial charge on any atom is 0.226 e. The number of nitrogens with one attached hydrogen (secondary N) is 2. The molecule has 0 aromatic heterocycles. The largest absolute Gasteiger partial charge is 0.490 e. The molecule has 4 nitrogen and oxygen atoms in total. The van der Waals surface area contributed by atoms with Crippen molar-refractivity contribution in [2.75, 3.05) is 11.9 Å². The monoisotopic (exact) mass is 374 g/mol. The van der Waals surface area contributed by atoms with Crippen LogP contribution in [-0.4, -0.2) is 17.6 Å². The number of hydrogen-bond donors (Lipinski definition) is 2. The summed E-state index contributed by atoms with van der Waals surface area (Å²) in [7, 11) is 0. The lowest BCUT2D eigenvalue weighted by molar-refractivity contribution is -0.119. The van der Waals surface area contributed by atoms with Gasteiger partial charge in [-0.2, -0.15) is 0 Å². The van der Waals surface area contributed by atoms with Gasteiger partial charge >= 0.3 is 0 Å². The zero-order valence-electron chi connectivity index (χ0n) is 13.6. The van der Waals surface area contributed by atoms with Gasteiger partial charge in [-0.1, -0.05) is 42.5 Å². The van der Waals surface area contributed by atoms with Gasteiger partial charge in [0.2, 0.25) is 5.91 Å². The number of carbonyl (C=O) groups is 1. The van der Waals surface area contributed by atoms with E-state index in [9.17, 15) is 4.79 Å². The number of hydrogen-bond acceptors (Lipinski definition) is 3.